The highest BCUT2D eigenvalue weighted by Crippen LogP contribution is 2.20. The molecule has 0 unspecified atom stereocenters. The van der Waals surface area contributed by atoms with Crippen molar-refractivity contribution in [3.05, 3.63) is 29.6 Å². The molecule has 0 aliphatic carbocycles. The molecule has 0 radical (unpaired) electrons. The van der Waals surface area contributed by atoms with E-state index < -0.39 is 0 Å². The molecular formula is C16H17N5O. The van der Waals surface area contributed by atoms with E-state index in [0.717, 1.165) is 5.56 Å². The maximum atomic E-state index is 8.76. The van der Waals surface area contributed by atoms with Crippen LogP contribution in [0.2, 0.25) is 0 Å². The van der Waals surface area contributed by atoms with Crippen LogP contribution in [0.1, 0.15) is 26.3 Å². The maximum Gasteiger partial charge on any atom is 0.233 e. The molecule has 0 aliphatic heterocycles. The minimum atomic E-state index is 0.0366. The maximum absolute atomic E-state index is 8.76. The molecule has 0 aliphatic rings. The summed E-state index contributed by atoms with van der Waals surface area (Å²) in [4.78, 5) is 11.8. The number of nitrogens with zero attached hydrogens (tertiary/aromatic N) is 4. The van der Waals surface area contributed by atoms with E-state index in [-0.39, 0.29) is 11.0 Å². The van der Waals surface area contributed by atoms with Gasteiger partial charge in [0, 0.05) is 11.8 Å². The molecule has 22 heavy (non-hydrogen) atoms. The molecule has 112 valence electrons. The summed E-state index contributed by atoms with van der Waals surface area (Å²) in [6, 6.07) is 3.68. The van der Waals surface area contributed by atoms with E-state index in [1.807, 2.05) is 12.1 Å². The van der Waals surface area contributed by atoms with Crippen LogP contribution in [0.4, 0.5) is 0 Å². The Morgan fingerprint density at radius 1 is 1.36 bits per heavy atom. The molecule has 6 nitrogen and oxygen atoms in total. The smallest absolute Gasteiger partial charge is 0.233 e. The molecule has 0 atom stereocenters. The fraction of sp³-hybridized carbons (Fsp3) is 0.375. The van der Waals surface area contributed by atoms with Crippen molar-refractivity contribution in [3.8, 4) is 18.0 Å². The Morgan fingerprint density at radius 3 is 2.73 bits per heavy atom. The summed E-state index contributed by atoms with van der Waals surface area (Å²) < 4.78 is 5.66. The van der Waals surface area contributed by atoms with Gasteiger partial charge in [-0.2, -0.15) is 10.5 Å². The Kier molecular flexibility index (Phi) is 4.43. The predicted octanol–water partition coefficient (Wildman–Crippen LogP) is 2.90. The second-order valence-electron chi connectivity index (χ2n) is 6.11. The molecule has 2 aromatic rings. The predicted molar refractivity (Wildman–Crippen MR) is 81.9 cm³/mol. The Balaban J connectivity index is 2.24. The van der Waals surface area contributed by atoms with Gasteiger partial charge < -0.3 is 9.72 Å². The van der Waals surface area contributed by atoms with Crippen LogP contribution in [0.25, 0.3) is 11.2 Å². The fourth-order valence-corrected chi connectivity index (χ4v) is 1.77. The van der Waals surface area contributed by atoms with Crippen molar-refractivity contribution < 1.29 is 4.74 Å². The van der Waals surface area contributed by atoms with Crippen molar-refractivity contribution in [3.63, 3.8) is 0 Å². The monoisotopic (exact) mass is 295 g/mol. The third-order valence-electron chi connectivity index (χ3n) is 2.86. The quantitative estimate of drug-likeness (QED) is 0.874. The van der Waals surface area contributed by atoms with Gasteiger partial charge in [-0.15, -0.1) is 0 Å². The first-order chi connectivity index (χ1) is 10.4. The lowest BCUT2D eigenvalue weighted by molar-refractivity contribution is 0.191. The summed E-state index contributed by atoms with van der Waals surface area (Å²) in [5, 5.41) is 17.5. The number of H-pyrrole nitrogens is 1. The molecule has 0 saturated heterocycles. The Labute approximate surface area is 129 Å². The van der Waals surface area contributed by atoms with Crippen molar-refractivity contribution >= 4 is 11.2 Å². The van der Waals surface area contributed by atoms with E-state index in [1.165, 1.54) is 0 Å². The zero-order valence-corrected chi connectivity index (χ0v) is 12.8. The topological polar surface area (TPSA) is 98.4 Å². The second-order valence-corrected chi connectivity index (χ2v) is 6.11. The molecule has 2 rings (SSSR count). The summed E-state index contributed by atoms with van der Waals surface area (Å²) in [5.41, 5.74) is 2.34. The molecule has 0 aromatic carbocycles. The van der Waals surface area contributed by atoms with E-state index in [9.17, 15) is 0 Å². The average Bonchev–Trinajstić information content (AvgIpc) is 2.88. The summed E-state index contributed by atoms with van der Waals surface area (Å²) in [6.07, 6.45) is 5.38. The van der Waals surface area contributed by atoms with Crippen LogP contribution in [0, 0.1) is 28.1 Å². The number of hydrogen-bond acceptors (Lipinski definition) is 5. The summed E-state index contributed by atoms with van der Waals surface area (Å²) >= 11 is 0. The standard InChI is InChI=1S/C16H17N5O/c1-16(2,3)10-22-13-9-20-15-14(21-13)12(8-19-15)5-4-11(6-17)7-18/h4,8-9H,5,10H2,1-3H3,(H,19,20). The number of nitriles is 2. The number of aromatic amines is 1. The Morgan fingerprint density at radius 2 is 2.09 bits per heavy atom. The van der Waals surface area contributed by atoms with Crippen molar-refractivity contribution in [2.45, 2.75) is 27.2 Å². The molecule has 2 aromatic heterocycles. The number of hydrogen-bond donors (Lipinski definition) is 1. The van der Waals surface area contributed by atoms with Gasteiger partial charge in [0.1, 0.15) is 23.2 Å². The molecular weight excluding hydrogens is 278 g/mol. The zero-order chi connectivity index (χ0) is 16.2. The van der Waals surface area contributed by atoms with Gasteiger partial charge in [0.2, 0.25) is 5.88 Å². The van der Waals surface area contributed by atoms with Crippen LogP contribution in [-0.4, -0.2) is 21.6 Å². The van der Waals surface area contributed by atoms with Gasteiger partial charge in [0.25, 0.3) is 0 Å². The van der Waals surface area contributed by atoms with Crippen molar-refractivity contribution in [1.82, 2.24) is 15.0 Å². The van der Waals surface area contributed by atoms with E-state index in [4.69, 9.17) is 15.3 Å². The third-order valence-corrected chi connectivity index (χ3v) is 2.86. The number of aromatic nitrogens is 3. The fourth-order valence-electron chi connectivity index (χ4n) is 1.77. The summed E-state index contributed by atoms with van der Waals surface area (Å²) in [5.74, 6) is 0.466. The van der Waals surface area contributed by atoms with Crippen LogP contribution < -0.4 is 4.74 Å². The van der Waals surface area contributed by atoms with E-state index >= 15 is 0 Å². The molecule has 0 spiro atoms. The largest absolute Gasteiger partial charge is 0.476 e. The number of ether oxygens (including phenoxy) is 1. The lowest BCUT2D eigenvalue weighted by Gasteiger charge is -2.17. The lowest BCUT2D eigenvalue weighted by Crippen LogP contribution is -2.17. The molecule has 0 fully saturated rings. The third kappa shape index (κ3) is 3.83. The van der Waals surface area contributed by atoms with Crippen LogP contribution in [0.15, 0.2) is 24.0 Å². The van der Waals surface area contributed by atoms with Gasteiger partial charge >= 0.3 is 0 Å². The highest BCUT2D eigenvalue weighted by molar-refractivity contribution is 5.75. The SMILES string of the molecule is CC(C)(C)COc1cnc2[nH]cc(CC=C(C#N)C#N)c2n1. The minimum absolute atomic E-state index is 0.0366. The first-order valence-electron chi connectivity index (χ1n) is 6.89. The normalized spacial score (nSPS) is 10.8. The van der Waals surface area contributed by atoms with Gasteiger partial charge in [-0.3, -0.25) is 0 Å². The van der Waals surface area contributed by atoms with Crippen molar-refractivity contribution in [1.29, 1.82) is 10.5 Å². The van der Waals surface area contributed by atoms with E-state index in [0.29, 0.717) is 30.1 Å². The van der Waals surface area contributed by atoms with Crippen LogP contribution in [-0.2, 0) is 6.42 Å². The molecule has 0 saturated carbocycles. The summed E-state index contributed by atoms with van der Waals surface area (Å²) in [7, 11) is 0. The van der Waals surface area contributed by atoms with Gasteiger partial charge in [-0.25, -0.2) is 9.97 Å². The van der Waals surface area contributed by atoms with Gasteiger partial charge in [-0.05, 0) is 11.8 Å². The number of rotatable bonds is 4. The highest BCUT2D eigenvalue weighted by atomic mass is 16.5. The van der Waals surface area contributed by atoms with Crippen LogP contribution >= 0.6 is 0 Å². The first-order valence-corrected chi connectivity index (χ1v) is 6.89. The zero-order valence-electron chi connectivity index (χ0n) is 12.8. The second kappa shape index (κ2) is 6.28. The molecule has 6 heteroatoms. The van der Waals surface area contributed by atoms with Gasteiger partial charge in [0.05, 0.1) is 12.8 Å². The summed E-state index contributed by atoms with van der Waals surface area (Å²) in [6.45, 7) is 6.78. The van der Waals surface area contributed by atoms with E-state index in [1.54, 1.807) is 18.5 Å². The average molecular weight is 295 g/mol. The Bertz CT molecular complexity index is 767. The molecule has 1 N–H and O–H groups in total. The first kappa shape index (κ1) is 15.5. The molecule has 0 bridgehead atoms. The highest BCUT2D eigenvalue weighted by Gasteiger charge is 2.13. The number of fused-ring (bicyclic) bond motifs is 1. The lowest BCUT2D eigenvalue weighted by atomic mass is 9.99. The minimum Gasteiger partial charge on any atom is -0.476 e. The van der Waals surface area contributed by atoms with E-state index in [2.05, 4.69) is 35.7 Å². The number of allylic oxidation sites excluding steroid dienone is 2. The van der Waals surface area contributed by atoms with Gasteiger partial charge in [-0.1, -0.05) is 26.8 Å². The van der Waals surface area contributed by atoms with Gasteiger partial charge in [0.15, 0.2) is 5.65 Å². The van der Waals surface area contributed by atoms with Crippen LogP contribution in [0.3, 0.4) is 0 Å². The Hall–Kier alpha value is -2.86. The molecule has 0 amide bonds. The van der Waals surface area contributed by atoms with Crippen molar-refractivity contribution in [2.75, 3.05) is 6.61 Å². The van der Waals surface area contributed by atoms with Crippen molar-refractivity contribution in [2.24, 2.45) is 5.41 Å². The van der Waals surface area contributed by atoms with Crippen LogP contribution in [0.5, 0.6) is 5.88 Å². The number of nitrogens with one attached hydrogen (secondary N) is 1. The molecule has 2 heterocycles.